The molecule has 5 nitrogen and oxygen atoms in total. The van der Waals surface area contributed by atoms with Crippen LogP contribution < -0.4 is 10.6 Å². The van der Waals surface area contributed by atoms with Crippen LogP contribution in [0.3, 0.4) is 0 Å². The highest BCUT2D eigenvalue weighted by molar-refractivity contribution is 5.90. The number of carbonyl (C=O) groups is 2. The van der Waals surface area contributed by atoms with Gasteiger partial charge in [-0.25, -0.2) is 9.18 Å². The summed E-state index contributed by atoms with van der Waals surface area (Å²) >= 11 is 0. The van der Waals surface area contributed by atoms with Gasteiger partial charge in [-0.3, -0.25) is 4.79 Å². The number of nitrogens with one attached hydrogen (secondary N) is 2. The van der Waals surface area contributed by atoms with E-state index in [-0.39, 0.29) is 18.1 Å². The molecule has 2 aromatic rings. The Balaban J connectivity index is 1.74. The number of amides is 1. The van der Waals surface area contributed by atoms with Crippen LogP contribution in [0.15, 0.2) is 48.5 Å². The second kappa shape index (κ2) is 8.67. The van der Waals surface area contributed by atoms with Gasteiger partial charge in [-0.05, 0) is 35.9 Å². The van der Waals surface area contributed by atoms with Gasteiger partial charge in [-0.2, -0.15) is 0 Å². The first-order chi connectivity index (χ1) is 11.6. The van der Waals surface area contributed by atoms with Crippen LogP contribution in [-0.4, -0.2) is 25.5 Å². The summed E-state index contributed by atoms with van der Waals surface area (Å²) < 4.78 is 17.5. The molecule has 24 heavy (non-hydrogen) atoms. The Morgan fingerprint density at radius 2 is 1.88 bits per heavy atom. The minimum absolute atomic E-state index is 0.115. The third-order valence-corrected chi connectivity index (χ3v) is 3.37. The molecule has 0 atom stereocenters. The van der Waals surface area contributed by atoms with E-state index >= 15 is 0 Å². The van der Waals surface area contributed by atoms with E-state index in [1.54, 1.807) is 30.3 Å². The van der Waals surface area contributed by atoms with Gasteiger partial charge in [0.05, 0.1) is 12.7 Å². The van der Waals surface area contributed by atoms with Gasteiger partial charge in [-0.1, -0.05) is 18.2 Å². The molecule has 2 N–H and O–H groups in total. The molecular weight excluding hydrogens is 311 g/mol. The molecule has 0 saturated carbocycles. The van der Waals surface area contributed by atoms with Crippen molar-refractivity contribution in [1.82, 2.24) is 5.32 Å². The molecule has 0 fully saturated rings. The highest BCUT2D eigenvalue weighted by Gasteiger charge is 2.06. The third kappa shape index (κ3) is 5.39. The van der Waals surface area contributed by atoms with Gasteiger partial charge in [0, 0.05) is 25.2 Å². The number of benzene rings is 2. The van der Waals surface area contributed by atoms with Crippen LogP contribution >= 0.6 is 0 Å². The maximum absolute atomic E-state index is 12.8. The molecule has 0 spiro atoms. The van der Waals surface area contributed by atoms with Crippen LogP contribution in [0.4, 0.5) is 10.1 Å². The van der Waals surface area contributed by atoms with Gasteiger partial charge in [0.1, 0.15) is 5.82 Å². The number of hydrogen-bond donors (Lipinski definition) is 2. The number of carbonyl (C=O) groups excluding carboxylic acids is 2. The fraction of sp³-hybridized carbons (Fsp3) is 0.222. The van der Waals surface area contributed by atoms with Crippen LogP contribution in [-0.2, 0) is 16.1 Å². The lowest BCUT2D eigenvalue weighted by Crippen LogP contribution is -2.24. The van der Waals surface area contributed by atoms with Crippen LogP contribution in [0.2, 0.25) is 0 Å². The quantitative estimate of drug-likeness (QED) is 0.766. The maximum Gasteiger partial charge on any atom is 0.337 e. The number of ether oxygens (including phenoxy) is 1. The lowest BCUT2D eigenvalue weighted by molar-refractivity contribution is -0.121. The molecule has 0 aliphatic rings. The number of anilines is 1. The Hall–Kier alpha value is -2.89. The molecule has 0 saturated heterocycles. The summed E-state index contributed by atoms with van der Waals surface area (Å²) in [7, 11) is 1.33. The maximum atomic E-state index is 12.8. The summed E-state index contributed by atoms with van der Waals surface area (Å²) in [6, 6.07) is 12.9. The van der Waals surface area contributed by atoms with Gasteiger partial charge in [-0.15, -0.1) is 0 Å². The number of hydrogen-bond acceptors (Lipinski definition) is 4. The predicted octanol–water partition coefficient (Wildman–Crippen LogP) is 2.73. The normalized spacial score (nSPS) is 10.1. The summed E-state index contributed by atoms with van der Waals surface area (Å²) in [4.78, 5) is 23.2. The van der Waals surface area contributed by atoms with Crippen molar-refractivity contribution in [3.63, 3.8) is 0 Å². The Morgan fingerprint density at radius 1 is 1.12 bits per heavy atom. The zero-order chi connectivity index (χ0) is 17.4. The molecule has 2 rings (SSSR count). The molecular formula is C18H19FN2O3. The summed E-state index contributed by atoms with van der Waals surface area (Å²) in [6.45, 7) is 0.789. The van der Waals surface area contributed by atoms with E-state index in [1.165, 1.54) is 19.2 Å². The topological polar surface area (TPSA) is 67.4 Å². The Morgan fingerprint density at radius 3 is 2.58 bits per heavy atom. The van der Waals surface area contributed by atoms with E-state index in [9.17, 15) is 14.0 Å². The smallest absolute Gasteiger partial charge is 0.337 e. The lowest BCUT2D eigenvalue weighted by Gasteiger charge is -2.08. The Labute approximate surface area is 139 Å². The average molecular weight is 330 g/mol. The fourth-order valence-corrected chi connectivity index (χ4v) is 2.09. The Bertz CT molecular complexity index is 702. The van der Waals surface area contributed by atoms with E-state index in [1.807, 2.05) is 6.07 Å². The van der Waals surface area contributed by atoms with E-state index < -0.39 is 5.97 Å². The first-order valence-corrected chi connectivity index (χ1v) is 7.52. The van der Waals surface area contributed by atoms with Gasteiger partial charge < -0.3 is 15.4 Å². The standard InChI is InChI=1S/C18H19FN2O3/c1-24-18(23)14-3-2-4-16(11-14)20-10-9-17(22)21-12-13-5-7-15(19)8-6-13/h2-8,11,20H,9-10,12H2,1H3,(H,21,22). The third-order valence-electron chi connectivity index (χ3n) is 3.37. The molecule has 0 bridgehead atoms. The number of esters is 1. The summed E-state index contributed by atoms with van der Waals surface area (Å²) in [5.74, 6) is -0.824. The Kier molecular flexibility index (Phi) is 6.31. The zero-order valence-corrected chi connectivity index (χ0v) is 13.3. The van der Waals surface area contributed by atoms with E-state index in [4.69, 9.17) is 0 Å². The second-order valence-electron chi connectivity index (χ2n) is 5.15. The van der Waals surface area contributed by atoms with Crippen molar-refractivity contribution >= 4 is 17.6 Å². The average Bonchev–Trinajstić information content (AvgIpc) is 2.61. The van der Waals surface area contributed by atoms with Crippen LogP contribution in [0.1, 0.15) is 22.3 Å². The van der Waals surface area contributed by atoms with Crippen molar-refractivity contribution in [1.29, 1.82) is 0 Å². The van der Waals surface area contributed by atoms with Crippen molar-refractivity contribution in [2.24, 2.45) is 0 Å². The monoisotopic (exact) mass is 330 g/mol. The minimum atomic E-state index is -0.407. The molecule has 6 heteroatoms. The van der Waals surface area contributed by atoms with Gasteiger partial charge in [0.15, 0.2) is 0 Å². The highest BCUT2D eigenvalue weighted by atomic mass is 19.1. The number of methoxy groups -OCH3 is 1. The molecule has 126 valence electrons. The molecule has 0 radical (unpaired) electrons. The van der Waals surface area contributed by atoms with Crippen molar-refractivity contribution in [2.75, 3.05) is 19.0 Å². The molecule has 0 aliphatic heterocycles. The van der Waals surface area contributed by atoms with E-state index in [0.717, 1.165) is 11.3 Å². The van der Waals surface area contributed by atoms with Crippen LogP contribution in [0.25, 0.3) is 0 Å². The number of rotatable bonds is 7. The summed E-state index contributed by atoms with van der Waals surface area (Å²) in [5, 5.41) is 5.85. The molecule has 0 unspecified atom stereocenters. The highest BCUT2D eigenvalue weighted by Crippen LogP contribution is 2.11. The molecule has 0 aromatic heterocycles. The van der Waals surface area contributed by atoms with Crippen LogP contribution in [0, 0.1) is 5.82 Å². The lowest BCUT2D eigenvalue weighted by atomic mass is 10.2. The largest absolute Gasteiger partial charge is 0.465 e. The predicted molar refractivity (Wildman–Crippen MR) is 89.1 cm³/mol. The van der Waals surface area contributed by atoms with Crippen molar-refractivity contribution in [3.8, 4) is 0 Å². The molecule has 1 amide bonds. The van der Waals surface area contributed by atoms with Gasteiger partial charge in [0.2, 0.25) is 5.91 Å². The first kappa shape index (κ1) is 17.5. The SMILES string of the molecule is COC(=O)c1cccc(NCCC(=O)NCc2ccc(F)cc2)c1. The van der Waals surface area contributed by atoms with Crippen molar-refractivity contribution < 1.29 is 18.7 Å². The molecule has 0 heterocycles. The summed E-state index contributed by atoms with van der Waals surface area (Å²) in [6.07, 6.45) is 0.281. The number of halogens is 1. The van der Waals surface area contributed by atoms with Gasteiger partial charge >= 0.3 is 5.97 Å². The summed E-state index contributed by atoms with van der Waals surface area (Å²) in [5.41, 5.74) is 2.02. The molecule has 2 aromatic carbocycles. The van der Waals surface area contributed by atoms with E-state index in [2.05, 4.69) is 15.4 Å². The fourth-order valence-electron chi connectivity index (χ4n) is 2.09. The molecule has 0 aliphatic carbocycles. The zero-order valence-electron chi connectivity index (χ0n) is 13.3. The minimum Gasteiger partial charge on any atom is -0.465 e. The first-order valence-electron chi connectivity index (χ1n) is 7.52. The second-order valence-corrected chi connectivity index (χ2v) is 5.15. The van der Waals surface area contributed by atoms with Crippen molar-refractivity contribution in [2.45, 2.75) is 13.0 Å². The van der Waals surface area contributed by atoms with E-state index in [0.29, 0.717) is 18.7 Å². The van der Waals surface area contributed by atoms with Gasteiger partial charge in [0.25, 0.3) is 0 Å². The van der Waals surface area contributed by atoms with Crippen molar-refractivity contribution in [3.05, 3.63) is 65.5 Å². The van der Waals surface area contributed by atoms with Crippen LogP contribution in [0.5, 0.6) is 0 Å².